The lowest BCUT2D eigenvalue weighted by molar-refractivity contribution is -0.137. The Balaban J connectivity index is 2.78. The van der Waals surface area contributed by atoms with Gasteiger partial charge in [-0.15, -0.1) is 0 Å². The molecule has 0 atom stereocenters. The predicted octanol–water partition coefficient (Wildman–Crippen LogP) is 2.27. The van der Waals surface area contributed by atoms with Crippen LogP contribution in [0.4, 0.5) is 13.2 Å². The molecule has 0 N–H and O–H groups in total. The minimum absolute atomic E-state index is 0.0464. The third-order valence-electron chi connectivity index (χ3n) is 2.49. The van der Waals surface area contributed by atoms with Gasteiger partial charge in [0.15, 0.2) is 0 Å². The fourth-order valence-corrected chi connectivity index (χ4v) is 1.84. The van der Waals surface area contributed by atoms with Crippen molar-refractivity contribution in [2.24, 2.45) is 0 Å². The summed E-state index contributed by atoms with van der Waals surface area (Å²) in [4.78, 5) is 26.1. The van der Waals surface area contributed by atoms with Crippen LogP contribution in [0, 0.1) is 0 Å². The van der Waals surface area contributed by atoms with Gasteiger partial charge in [0.25, 0.3) is 5.56 Å². The van der Waals surface area contributed by atoms with E-state index in [0.29, 0.717) is 12.4 Å². The van der Waals surface area contributed by atoms with Crippen molar-refractivity contribution in [2.75, 3.05) is 0 Å². The number of nitrogens with zero attached hydrogens (tertiary/aromatic N) is 2. The van der Waals surface area contributed by atoms with E-state index in [9.17, 15) is 22.8 Å². The number of aldehydes is 1. The normalized spacial score (nSPS) is 11.8. The van der Waals surface area contributed by atoms with Crippen LogP contribution in [0.3, 0.4) is 0 Å². The lowest BCUT2D eigenvalue weighted by Gasteiger charge is -2.09. The number of rotatable bonds is 2. The fourth-order valence-electron chi connectivity index (χ4n) is 1.60. The standard InChI is InChI=1S/C11H6ClF3N2O2/c12-10-16-8-2-1-6(11(13,14)15)5-7(8)9(19)17(10)3-4-18/h1-2,4-5H,3H2. The molecule has 1 aromatic carbocycles. The number of alkyl halides is 3. The Hall–Kier alpha value is -1.89. The summed E-state index contributed by atoms with van der Waals surface area (Å²) in [7, 11) is 0. The molecule has 0 aliphatic carbocycles. The molecule has 0 saturated heterocycles. The van der Waals surface area contributed by atoms with Gasteiger partial charge in [-0.25, -0.2) is 4.98 Å². The van der Waals surface area contributed by atoms with Crippen molar-refractivity contribution in [1.82, 2.24) is 9.55 Å². The second kappa shape index (κ2) is 4.65. The second-order valence-corrected chi connectivity index (χ2v) is 4.03. The summed E-state index contributed by atoms with van der Waals surface area (Å²) in [5, 5.41) is -0.481. The molecule has 100 valence electrons. The van der Waals surface area contributed by atoms with Crippen LogP contribution in [0.1, 0.15) is 5.56 Å². The van der Waals surface area contributed by atoms with Crippen molar-refractivity contribution < 1.29 is 18.0 Å². The first-order valence-corrected chi connectivity index (χ1v) is 5.43. The lowest BCUT2D eigenvalue weighted by atomic mass is 10.1. The van der Waals surface area contributed by atoms with E-state index in [1.54, 1.807) is 0 Å². The van der Waals surface area contributed by atoms with Crippen LogP contribution in [0.15, 0.2) is 23.0 Å². The number of carbonyl (C=O) groups is 1. The first-order valence-electron chi connectivity index (χ1n) is 5.05. The van der Waals surface area contributed by atoms with Gasteiger partial charge in [-0.05, 0) is 29.8 Å². The molecular weight excluding hydrogens is 285 g/mol. The zero-order valence-corrected chi connectivity index (χ0v) is 10.00. The summed E-state index contributed by atoms with van der Waals surface area (Å²) >= 11 is 5.69. The van der Waals surface area contributed by atoms with Crippen LogP contribution in [0.5, 0.6) is 0 Å². The molecule has 0 aliphatic heterocycles. The molecule has 0 fully saturated rings. The molecule has 2 rings (SSSR count). The van der Waals surface area contributed by atoms with Gasteiger partial charge < -0.3 is 4.79 Å². The van der Waals surface area contributed by atoms with E-state index < -0.39 is 17.3 Å². The summed E-state index contributed by atoms with van der Waals surface area (Å²) in [5.41, 5.74) is -1.70. The van der Waals surface area contributed by atoms with E-state index in [-0.39, 0.29) is 22.7 Å². The van der Waals surface area contributed by atoms with E-state index in [4.69, 9.17) is 11.6 Å². The Morgan fingerprint density at radius 1 is 1.37 bits per heavy atom. The van der Waals surface area contributed by atoms with Crippen molar-refractivity contribution in [1.29, 1.82) is 0 Å². The lowest BCUT2D eigenvalue weighted by Crippen LogP contribution is -2.23. The molecule has 8 heteroatoms. The Bertz CT molecular complexity index is 709. The molecule has 1 aromatic heterocycles. The van der Waals surface area contributed by atoms with E-state index in [2.05, 4.69) is 4.98 Å². The van der Waals surface area contributed by atoms with Crippen molar-refractivity contribution in [3.8, 4) is 0 Å². The SMILES string of the molecule is O=CCn1c(Cl)nc2ccc(C(F)(F)F)cc2c1=O. The Morgan fingerprint density at radius 2 is 2.05 bits per heavy atom. The van der Waals surface area contributed by atoms with Gasteiger partial charge in [0, 0.05) is 0 Å². The van der Waals surface area contributed by atoms with Crippen molar-refractivity contribution >= 4 is 28.8 Å². The Kier molecular flexibility index (Phi) is 3.32. The monoisotopic (exact) mass is 290 g/mol. The van der Waals surface area contributed by atoms with Crippen LogP contribution in [0.25, 0.3) is 10.9 Å². The highest BCUT2D eigenvalue weighted by Crippen LogP contribution is 2.30. The number of aromatic nitrogens is 2. The van der Waals surface area contributed by atoms with E-state index in [1.807, 2.05) is 0 Å². The smallest absolute Gasteiger partial charge is 0.301 e. The Labute approximate surface area is 109 Å². The van der Waals surface area contributed by atoms with Crippen molar-refractivity contribution in [3.63, 3.8) is 0 Å². The number of hydrogen-bond donors (Lipinski definition) is 0. The molecular formula is C11H6ClF3N2O2. The molecule has 2 aromatic rings. The summed E-state index contributed by atoms with van der Waals surface area (Å²) in [5.74, 6) is 0. The molecule has 1 heterocycles. The van der Waals surface area contributed by atoms with Crippen LogP contribution in [-0.2, 0) is 17.5 Å². The first-order chi connectivity index (χ1) is 8.84. The average molecular weight is 291 g/mol. The summed E-state index contributed by atoms with van der Waals surface area (Å²) in [6.45, 7) is -0.364. The third kappa shape index (κ3) is 2.46. The van der Waals surface area contributed by atoms with Gasteiger partial charge >= 0.3 is 6.18 Å². The molecule has 0 radical (unpaired) electrons. The van der Waals surface area contributed by atoms with Gasteiger partial charge in [0.2, 0.25) is 5.28 Å². The first kappa shape index (κ1) is 13.5. The van der Waals surface area contributed by atoms with Crippen LogP contribution in [-0.4, -0.2) is 15.8 Å². The molecule has 0 bridgehead atoms. The predicted molar refractivity (Wildman–Crippen MR) is 62.1 cm³/mol. The topological polar surface area (TPSA) is 52.0 Å². The third-order valence-corrected chi connectivity index (χ3v) is 2.78. The van der Waals surface area contributed by atoms with Crippen molar-refractivity contribution in [2.45, 2.75) is 12.7 Å². The molecule has 19 heavy (non-hydrogen) atoms. The van der Waals surface area contributed by atoms with E-state index in [0.717, 1.165) is 16.7 Å². The highest BCUT2D eigenvalue weighted by atomic mass is 35.5. The summed E-state index contributed by atoms with van der Waals surface area (Å²) in [6.07, 6.45) is -4.15. The van der Waals surface area contributed by atoms with Crippen LogP contribution >= 0.6 is 11.6 Å². The summed E-state index contributed by atoms with van der Waals surface area (Å²) in [6, 6.07) is 2.58. The zero-order valence-electron chi connectivity index (χ0n) is 9.24. The molecule has 0 spiro atoms. The number of hydrogen-bond acceptors (Lipinski definition) is 3. The van der Waals surface area contributed by atoms with Gasteiger partial charge in [-0.2, -0.15) is 13.2 Å². The molecule has 0 unspecified atom stereocenters. The maximum atomic E-state index is 12.6. The maximum Gasteiger partial charge on any atom is 0.416 e. The molecule has 0 saturated carbocycles. The van der Waals surface area contributed by atoms with E-state index >= 15 is 0 Å². The van der Waals surface area contributed by atoms with Gasteiger partial charge in [0.05, 0.1) is 23.0 Å². The maximum absolute atomic E-state index is 12.6. The molecule has 0 aliphatic rings. The average Bonchev–Trinajstić information content (AvgIpc) is 2.33. The number of halogens is 4. The van der Waals surface area contributed by atoms with Crippen LogP contribution < -0.4 is 5.56 Å². The fraction of sp³-hybridized carbons (Fsp3) is 0.182. The number of benzene rings is 1. The van der Waals surface area contributed by atoms with E-state index in [1.165, 1.54) is 0 Å². The number of carbonyl (C=O) groups excluding carboxylic acids is 1. The summed E-state index contributed by atoms with van der Waals surface area (Å²) < 4.78 is 38.5. The molecule has 0 amide bonds. The van der Waals surface area contributed by atoms with Crippen LogP contribution in [0.2, 0.25) is 5.28 Å². The van der Waals surface area contributed by atoms with Gasteiger partial charge in [-0.1, -0.05) is 0 Å². The second-order valence-electron chi connectivity index (χ2n) is 3.69. The largest absolute Gasteiger partial charge is 0.416 e. The Morgan fingerprint density at radius 3 is 2.63 bits per heavy atom. The minimum atomic E-state index is -4.56. The highest BCUT2D eigenvalue weighted by Gasteiger charge is 2.31. The quantitative estimate of drug-likeness (QED) is 0.630. The highest BCUT2D eigenvalue weighted by molar-refractivity contribution is 6.28. The van der Waals surface area contributed by atoms with Crippen molar-refractivity contribution in [3.05, 3.63) is 39.4 Å². The van der Waals surface area contributed by atoms with Gasteiger partial charge in [-0.3, -0.25) is 9.36 Å². The number of fused-ring (bicyclic) bond motifs is 1. The minimum Gasteiger partial charge on any atom is -0.301 e. The molecule has 4 nitrogen and oxygen atoms in total. The zero-order chi connectivity index (χ0) is 14.2. The van der Waals surface area contributed by atoms with Gasteiger partial charge in [0.1, 0.15) is 6.29 Å².